The molecule has 0 fully saturated rings. The molecule has 450 valence electrons. The number of nitrogens with zero attached hydrogens (tertiary/aromatic N) is 1. The van der Waals surface area contributed by atoms with Gasteiger partial charge in [-0.3, -0.25) is 18.6 Å². The molecule has 0 heterocycles. The van der Waals surface area contributed by atoms with Crippen LogP contribution in [0, 0.1) is 0 Å². The molecule has 0 aromatic heterocycles. The van der Waals surface area contributed by atoms with Crippen LogP contribution in [0.3, 0.4) is 0 Å². The van der Waals surface area contributed by atoms with Crippen LogP contribution < -0.4 is 5.32 Å². The molecule has 0 aliphatic carbocycles. The van der Waals surface area contributed by atoms with E-state index < -0.39 is 20.0 Å². The fourth-order valence-electron chi connectivity index (χ4n) is 9.47. The van der Waals surface area contributed by atoms with Gasteiger partial charge in [0.2, 0.25) is 5.91 Å². The molecule has 0 spiro atoms. The quantitative estimate of drug-likeness (QED) is 0.0156. The van der Waals surface area contributed by atoms with Crippen molar-refractivity contribution in [1.82, 2.24) is 5.32 Å². The minimum atomic E-state index is -4.45. The van der Waals surface area contributed by atoms with Crippen molar-refractivity contribution < 1.29 is 37.3 Å². The Hall–Kier alpha value is -2.29. The molecule has 0 aliphatic rings. The normalized spacial score (nSPS) is 14.0. The molecule has 0 bridgehead atoms. The highest BCUT2D eigenvalue weighted by Crippen LogP contribution is 2.43. The smallest absolute Gasteiger partial charge is 0.456 e. The third-order valence-corrected chi connectivity index (χ3v) is 15.5. The number of rotatable bonds is 59. The Balaban J connectivity index is 4.97. The van der Waals surface area contributed by atoms with E-state index in [1.54, 1.807) is 0 Å². The van der Waals surface area contributed by atoms with E-state index in [1.165, 1.54) is 186 Å². The van der Waals surface area contributed by atoms with E-state index >= 15 is 0 Å². The van der Waals surface area contributed by atoms with Gasteiger partial charge < -0.3 is 19.4 Å². The summed E-state index contributed by atoms with van der Waals surface area (Å²) in [6.07, 6.45) is 72.4. The van der Waals surface area contributed by atoms with E-state index in [2.05, 4.69) is 74.7 Å². The molecular formula is C67H126N2O7P+. The lowest BCUT2D eigenvalue weighted by atomic mass is 10.0. The Morgan fingerprint density at radius 2 is 0.844 bits per heavy atom. The third-order valence-electron chi connectivity index (χ3n) is 14.5. The summed E-state index contributed by atoms with van der Waals surface area (Å²) in [6.45, 7) is 6.88. The minimum absolute atomic E-state index is 0.0364. The SMILES string of the molecule is CC/C=C/C=C/C=C\CCCCCCCC(=O)OC(/C=C\CCCCCCCCCCC)C(COP(=O)(O)OCC[N+](C)(C)C)NC(=O)CCCCCCCCCCCCCCCCCCC/C=C/CCCCCCCC. The standard InChI is InChI=1S/C67H125N2O7P/c1-7-10-13-16-19-22-25-27-28-29-30-31-32-33-34-35-36-37-38-39-40-42-44-47-50-53-56-59-66(70)68-64(63-75-77(72,73)74-62-61-69(4,5)6)65(58-55-52-49-46-43-24-21-18-15-12-9-3)76-67(71)60-57-54-51-48-45-41-26-23-20-17-14-11-8-2/h11,14,17,20,23,26-28,55,58,64-65H,7-10,12-13,15-16,18-19,21-22,24-25,29-54,56-57,59-63H2,1-6H3,(H-,68,70,72,73)/p+1/b14-11+,20-17+,26-23-,28-27+,58-55-. The summed E-state index contributed by atoms with van der Waals surface area (Å²) in [5.41, 5.74) is 0. The second-order valence-electron chi connectivity index (χ2n) is 23.3. The summed E-state index contributed by atoms with van der Waals surface area (Å²) in [7, 11) is 1.49. The van der Waals surface area contributed by atoms with Crippen LogP contribution in [-0.4, -0.2) is 74.3 Å². The summed E-state index contributed by atoms with van der Waals surface area (Å²) >= 11 is 0. The Bertz CT molecular complexity index is 1500. The topological polar surface area (TPSA) is 111 Å². The van der Waals surface area contributed by atoms with Crippen molar-refractivity contribution in [2.45, 2.75) is 315 Å². The van der Waals surface area contributed by atoms with Crippen LogP contribution in [0.25, 0.3) is 0 Å². The van der Waals surface area contributed by atoms with Gasteiger partial charge in [0.25, 0.3) is 0 Å². The van der Waals surface area contributed by atoms with Crippen molar-refractivity contribution in [3.63, 3.8) is 0 Å². The lowest BCUT2D eigenvalue weighted by Gasteiger charge is -2.27. The molecule has 10 heteroatoms. The second kappa shape index (κ2) is 57.0. The van der Waals surface area contributed by atoms with Gasteiger partial charge in [0.15, 0.2) is 0 Å². The van der Waals surface area contributed by atoms with Gasteiger partial charge in [-0.1, -0.05) is 275 Å². The lowest BCUT2D eigenvalue weighted by molar-refractivity contribution is -0.870. The number of esters is 1. The number of quaternary nitrogens is 1. The lowest BCUT2D eigenvalue weighted by Crippen LogP contribution is -2.47. The maximum atomic E-state index is 13.6. The van der Waals surface area contributed by atoms with Crippen molar-refractivity contribution in [3.8, 4) is 0 Å². The number of nitrogens with one attached hydrogen (secondary N) is 1. The van der Waals surface area contributed by atoms with Gasteiger partial charge in [-0.15, -0.1) is 0 Å². The van der Waals surface area contributed by atoms with E-state index in [0.29, 0.717) is 23.9 Å². The molecule has 0 aliphatic heterocycles. The van der Waals surface area contributed by atoms with Gasteiger partial charge in [0.05, 0.1) is 33.8 Å². The number of unbranched alkanes of at least 4 members (excludes halogenated alkanes) is 37. The predicted octanol–water partition coefficient (Wildman–Crippen LogP) is 20.2. The first-order chi connectivity index (χ1) is 37.4. The van der Waals surface area contributed by atoms with Crippen molar-refractivity contribution >= 4 is 19.7 Å². The number of carbonyl (C=O) groups is 2. The molecule has 0 aromatic carbocycles. The fourth-order valence-corrected chi connectivity index (χ4v) is 10.2. The molecule has 0 saturated heterocycles. The number of hydrogen-bond donors (Lipinski definition) is 2. The highest BCUT2D eigenvalue weighted by atomic mass is 31.2. The summed E-state index contributed by atoms with van der Waals surface area (Å²) in [6, 6.07) is -0.856. The van der Waals surface area contributed by atoms with Gasteiger partial charge in [-0.2, -0.15) is 0 Å². The van der Waals surface area contributed by atoms with Crippen molar-refractivity contribution in [2.24, 2.45) is 0 Å². The monoisotopic (exact) mass is 1100 g/mol. The van der Waals surface area contributed by atoms with E-state index in [0.717, 1.165) is 77.0 Å². The zero-order valence-corrected chi connectivity index (χ0v) is 52.3. The van der Waals surface area contributed by atoms with E-state index in [4.69, 9.17) is 13.8 Å². The summed E-state index contributed by atoms with van der Waals surface area (Å²) in [5.74, 6) is -0.522. The first kappa shape index (κ1) is 74.7. The molecule has 0 radical (unpaired) electrons. The number of ether oxygens (including phenoxy) is 1. The van der Waals surface area contributed by atoms with Crippen molar-refractivity contribution in [3.05, 3.63) is 60.8 Å². The van der Waals surface area contributed by atoms with E-state index in [-0.39, 0.29) is 31.5 Å². The van der Waals surface area contributed by atoms with Gasteiger partial charge in [0, 0.05) is 12.8 Å². The van der Waals surface area contributed by atoms with Gasteiger partial charge in [-0.25, -0.2) is 4.57 Å². The molecule has 9 nitrogen and oxygen atoms in total. The molecule has 3 atom stereocenters. The molecule has 0 aromatic rings. The van der Waals surface area contributed by atoms with Crippen LogP contribution in [0.2, 0.25) is 0 Å². The Labute approximate surface area is 477 Å². The van der Waals surface area contributed by atoms with Crippen molar-refractivity contribution in [1.29, 1.82) is 0 Å². The minimum Gasteiger partial charge on any atom is -0.456 e. The molecular weight excluding hydrogens is 976 g/mol. The summed E-state index contributed by atoms with van der Waals surface area (Å²) in [5, 5.41) is 3.05. The number of carbonyl (C=O) groups excluding carboxylic acids is 2. The number of amides is 1. The highest BCUT2D eigenvalue weighted by molar-refractivity contribution is 7.47. The van der Waals surface area contributed by atoms with Crippen LogP contribution in [-0.2, 0) is 27.9 Å². The van der Waals surface area contributed by atoms with E-state index in [1.807, 2.05) is 33.3 Å². The average molecular weight is 1100 g/mol. The molecule has 2 N–H and O–H groups in total. The van der Waals surface area contributed by atoms with Gasteiger partial charge in [-0.05, 0) is 76.7 Å². The molecule has 0 rings (SSSR count). The number of allylic oxidation sites excluding steroid dienone is 9. The molecule has 3 unspecified atom stereocenters. The largest absolute Gasteiger partial charge is 0.472 e. The molecule has 0 saturated carbocycles. The fraction of sp³-hybridized carbons (Fsp3) is 0.821. The first-order valence-electron chi connectivity index (χ1n) is 32.6. The van der Waals surface area contributed by atoms with Crippen LogP contribution in [0.1, 0.15) is 303 Å². The van der Waals surface area contributed by atoms with Crippen LogP contribution in [0.15, 0.2) is 60.8 Å². The zero-order valence-electron chi connectivity index (χ0n) is 51.5. The number of phosphoric ester groups is 1. The van der Waals surface area contributed by atoms with Crippen LogP contribution in [0.5, 0.6) is 0 Å². The highest BCUT2D eigenvalue weighted by Gasteiger charge is 2.30. The van der Waals surface area contributed by atoms with Gasteiger partial charge in [0.1, 0.15) is 19.3 Å². The predicted molar refractivity (Wildman–Crippen MR) is 332 cm³/mol. The van der Waals surface area contributed by atoms with Crippen molar-refractivity contribution in [2.75, 3.05) is 40.9 Å². The number of likely N-dealkylation sites (N-methyl/N-ethyl adjacent to an activating group) is 1. The third kappa shape index (κ3) is 58.2. The zero-order chi connectivity index (χ0) is 56.4. The molecule has 77 heavy (non-hydrogen) atoms. The number of hydrogen-bond acceptors (Lipinski definition) is 6. The summed E-state index contributed by atoms with van der Waals surface area (Å²) < 4.78 is 30.7. The second-order valence-corrected chi connectivity index (χ2v) is 24.8. The van der Waals surface area contributed by atoms with Gasteiger partial charge >= 0.3 is 13.8 Å². The van der Waals surface area contributed by atoms with Crippen LogP contribution >= 0.6 is 7.82 Å². The maximum Gasteiger partial charge on any atom is 0.472 e. The Morgan fingerprint density at radius 3 is 1.27 bits per heavy atom. The van der Waals surface area contributed by atoms with Crippen LogP contribution in [0.4, 0.5) is 0 Å². The van der Waals surface area contributed by atoms with E-state index in [9.17, 15) is 19.0 Å². The Morgan fingerprint density at radius 1 is 0.468 bits per heavy atom. The summed E-state index contributed by atoms with van der Waals surface area (Å²) in [4.78, 5) is 37.7. The number of phosphoric acid groups is 1. The Kier molecular flexibility index (Phi) is 55.3. The first-order valence-corrected chi connectivity index (χ1v) is 34.1. The average Bonchev–Trinajstić information content (AvgIpc) is 3.39. The molecule has 1 amide bonds. The maximum absolute atomic E-state index is 13.6.